The zero-order valence-corrected chi connectivity index (χ0v) is 18.1. The molecule has 0 N–H and O–H groups in total. The molecule has 0 bridgehead atoms. The van der Waals surface area contributed by atoms with Gasteiger partial charge in [-0.1, -0.05) is 54.1 Å². The van der Waals surface area contributed by atoms with Crippen molar-refractivity contribution in [2.45, 2.75) is 11.3 Å². The van der Waals surface area contributed by atoms with Crippen LogP contribution in [0.25, 0.3) is 11.0 Å². The Morgan fingerprint density at radius 1 is 0.806 bits per heavy atom. The van der Waals surface area contributed by atoms with Gasteiger partial charge in [0.1, 0.15) is 6.67 Å². The van der Waals surface area contributed by atoms with Crippen molar-refractivity contribution in [1.29, 1.82) is 0 Å². The second-order valence-corrected chi connectivity index (χ2v) is 9.61. The Hall–Kier alpha value is -3.16. The number of aromatic nitrogens is 2. The van der Waals surface area contributed by atoms with E-state index in [1.807, 2.05) is 47.4 Å². The van der Waals surface area contributed by atoms with Gasteiger partial charge in [-0.3, -0.25) is 0 Å². The van der Waals surface area contributed by atoms with Crippen LogP contribution >= 0.6 is 11.6 Å². The van der Waals surface area contributed by atoms with E-state index in [4.69, 9.17) is 16.6 Å². The summed E-state index contributed by atoms with van der Waals surface area (Å²) in [5.74, 6) is 0.925. The van der Waals surface area contributed by atoms with Gasteiger partial charge in [0.15, 0.2) is 11.6 Å². The minimum Gasteiger partial charge on any atom is -0.334 e. The fourth-order valence-electron chi connectivity index (χ4n) is 3.66. The minimum absolute atomic E-state index is 0.156. The summed E-state index contributed by atoms with van der Waals surface area (Å²) in [4.78, 5) is 11.6. The zero-order valence-electron chi connectivity index (χ0n) is 16.5. The molecule has 0 amide bonds. The Morgan fingerprint density at radius 3 is 2.10 bits per heavy atom. The topological polar surface area (TPSA) is 66.4 Å². The maximum atomic E-state index is 13.5. The number of anilines is 2. The lowest BCUT2D eigenvalue weighted by atomic mass is 10.1. The van der Waals surface area contributed by atoms with E-state index in [2.05, 4.69) is 17.1 Å². The normalized spacial score (nSPS) is 13.6. The van der Waals surface area contributed by atoms with E-state index < -0.39 is 10.0 Å². The molecule has 5 rings (SSSR count). The van der Waals surface area contributed by atoms with Crippen molar-refractivity contribution in [3.8, 4) is 0 Å². The van der Waals surface area contributed by atoms with Crippen LogP contribution in [0.2, 0.25) is 5.02 Å². The first-order valence-electron chi connectivity index (χ1n) is 9.86. The molecule has 0 unspecified atom stereocenters. The van der Waals surface area contributed by atoms with Gasteiger partial charge >= 0.3 is 0 Å². The molecule has 4 aromatic rings. The van der Waals surface area contributed by atoms with E-state index in [0.717, 1.165) is 11.9 Å². The lowest BCUT2D eigenvalue weighted by Crippen LogP contribution is -2.36. The molecule has 156 valence electrons. The second-order valence-electron chi connectivity index (χ2n) is 7.31. The number of nitrogens with zero attached hydrogens (tertiary/aromatic N) is 4. The second kappa shape index (κ2) is 7.83. The number of para-hydroxylation sites is 2. The monoisotopic (exact) mass is 450 g/mol. The van der Waals surface area contributed by atoms with E-state index in [1.165, 1.54) is 22.0 Å². The van der Waals surface area contributed by atoms with Crippen LogP contribution in [0, 0.1) is 0 Å². The van der Waals surface area contributed by atoms with Crippen LogP contribution in [0.4, 0.5) is 11.6 Å². The predicted molar refractivity (Wildman–Crippen MR) is 123 cm³/mol. The number of hydrogen-bond donors (Lipinski definition) is 0. The van der Waals surface area contributed by atoms with E-state index >= 15 is 0 Å². The molecule has 31 heavy (non-hydrogen) atoms. The van der Waals surface area contributed by atoms with Crippen molar-refractivity contribution in [3.63, 3.8) is 0 Å². The largest absolute Gasteiger partial charge is 0.334 e. The van der Waals surface area contributed by atoms with Gasteiger partial charge in [0.05, 0.1) is 15.9 Å². The molecule has 0 saturated carbocycles. The summed E-state index contributed by atoms with van der Waals surface area (Å²) in [6, 6.07) is 23.8. The molecule has 0 atom stereocenters. The van der Waals surface area contributed by atoms with Crippen LogP contribution in [-0.2, 0) is 16.4 Å². The van der Waals surface area contributed by atoms with Crippen molar-refractivity contribution in [2.24, 2.45) is 0 Å². The molecule has 0 aliphatic carbocycles. The highest BCUT2D eigenvalue weighted by Gasteiger charge is 2.37. The Balaban J connectivity index is 1.56. The fourth-order valence-corrected chi connectivity index (χ4v) is 5.16. The highest BCUT2D eigenvalue weighted by Crippen LogP contribution is 2.37. The van der Waals surface area contributed by atoms with Gasteiger partial charge in [0.2, 0.25) is 0 Å². The molecule has 0 radical (unpaired) electrons. The first-order chi connectivity index (χ1) is 15.0. The molecule has 1 aromatic heterocycles. The zero-order chi connectivity index (χ0) is 21.4. The molecular formula is C23H19ClN4O2S. The van der Waals surface area contributed by atoms with Crippen LogP contribution < -0.4 is 9.21 Å². The van der Waals surface area contributed by atoms with Gasteiger partial charge in [0, 0.05) is 11.6 Å². The van der Waals surface area contributed by atoms with Crippen molar-refractivity contribution in [3.05, 3.63) is 89.4 Å². The van der Waals surface area contributed by atoms with Gasteiger partial charge in [-0.05, 0) is 48.4 Å². The van der Waals surface area contributed by atoms with Gasteiger partial charge < -0.3 is 4.90 Å². The molecule has 1 aliphatic rings. The molecule has 3 aromatic carbocycles. The summed E-state index contributed by atoms with van der Waals surface area (Å²) >= 11 is 5.95. The van der Waals surface area contributed by atoms with Crippen LogP contribution in [0.1, 0.15) is 5.56 Å². The average Bonchev–Trinajstić information content (AvgIpc) is 3.15. The number of rotatable bonds is 5. The molecule has 0 fully saturated rings. The van der Waals surface area contributed by atoms with Crippen molar-refractivity contribution in [2.75, 3.05) is 22.4 Å². The van der Waals surface area contributed by atoms with Crippen molar-refractivity contribution in [1.82, 2.24) is 9.97 Å². The maximum Gasteiger partial charge on any atom is 0.267 e. The Bertz CT molecular complexity index is 1350. The van der Waals surface area contributed by atoms with Crippen molar-refractivity contribution >= 4 is 44.3 Å². The summed E-state index contributed by atoms with van der Waals surface area (Å²) in [6.45, 7) is 0.778. The number of benzene rings is 3. The van der Waals surface area contributed by atoms with E-state index in [0.29, 0.717) is 28.7 Å². The molecule has 2 heterocycles. The standard InChI is InChI=1S/C23H19ClN4O2S/c24-18-10-12-19(13-11-18)31(29,30)28-16-27(15-14-17-6-2-1-3-7-17)22-23(28)26-21-9-5-4-8-20(21)25-22/h1-13H,14-16H2. The molecule has 8 heteroatoms. The van der Waals surface area contributed by atoms with Crippen molar-refractivity contribution < 1.29 is 8.42 Å². The molecule has 0 saturated heterocycles. The first kappa shape index (κ1) is 19.8. The lowest BCUT2D eigenvalue weighted by Gasteiger charge is -2.20. The third kappa shape index (κ3) is 3.71. The highest BCUT2D eigenvalue weighted by atomic mass is 35.5. The minimum atomic E-state index is -3.82. The molecular weight excluding hydrogens is 432 g/mol. The summed E-state index contributed by atoms with van der Waals surface area (Å²) in [6.07, 6.45) is 0.767. The highest BCUT2D eigenvalue weighted by molar-refractivity contribution is 7.92. The average molecular weight is 451 g/mol. The number of sulfonamides is 1. The summed E-state index contributed by atoms with van der Waals surface area (Å²) in [5, 5.41) is 0.482. The van der Waals surface area contributed by atoms with Gasteiger partial charge in [-0.25, -0.2) is 22.7 Å². The van der Waals surface area contributed by atoms with Crippen LogP contribution in [0.3, 0.4) is 0 Å². The third-order valence-corrected chi connectivity index (χ3v) is 7.27. The first-order valence-corrected chi connectivity index (χ1v) is 11.7. The third-order valence-electron chi connectivity index (χ3n) is 5.28. The molecule has 1 aliphatic heterocycles. The number of hydrogen-bond acceptors (Lipinski definition) is 5. The van der Waals surface area contributed by atoms with Gasteiger partial charge in [-0.2, -0.15) is 0 Å². The fraction of sp³-hybridized carbons (Fsp3) is 0.130. The number of fused-ring (bicyclic) bond motifs is 2. The van der Waals surface area contributed by atoms with E-state index in [9.17, 15) is 8.42 Å². The van der Waals surface area contributed by atoms with Crippen LogP contribution in [0.15, 0.2) is 83.8 Å². The smallest absolute Gasteiger partial charge is 0.267 e. The van der Waals surface area contributed by atoms with Gasteiger partial charge in [0.25, 0.3) is 10.0 Å². The summed E-state index contributed by atoms with van der Waals surface area (Å²) < 4.78 is 28.2. The van der Waals surface area contributed by atoms with Crippen LogP contribution in [0.5, 0.6) is 0 Å². The summed E-state index contributed by atoms with van der Waals surface area (Å²) in [7, 11) is -3.82. The predicted octanol–water partition coefficient (Wildman–Crippen LogP) is 4.50. The van der Waals surface area contributed by atoms with E-state index in [-0.39, 0.29) is 11.6 Å². The maximum absolute atomic E-state index is 13.5. The number of halogens is 1. The van der Waals surface area contributed by atoms with Gasteiger partial charge in [-0.15, -0.1) is 0 Å². The molecule has 0 spiro atoms. The SMILES string of the molecule is O=S(=O)(c1ccc(Cl)cc1)N1CN(CCc2ccccc2)c2nc3ccccc3nc21. The quantitative estimate of drug-likeness (QED) is 0.448. The van der Waals surface area contributed by atoms with Crippen LogP contribution in [-0.4, -0.2) is 31.6 Å². The Labute approximate surface area is 185 Å². The Morgan fingerprint density at radius 2 is 1.42 bits per heavy atom. The van der Waals surface area contributed by atoms with E-state index in [1.54, 1.807) is 12.1 Å². The lowest BCUT2D eigenvalue weighted by molar-refractivity contribution is 0.591. The Kier molecular flexibility index (Phi) is 5.00. The molecule has 6 nitrogen and oxygen atoms in total. The summed E-state index contributed by atoms with van der Waals surface area (Å²) in [5.41, 5.74) is 2.57.